The maximum atomic E-state index is 12.8. The zero-order valence-corrected chi connectivity index (χ0v) is 15.1. The SMILES string of the molecule is Cc1cccc(S(=O)(=O)N2CCN(c3cccc4[nH]c(=O)oc34)CC2)c1. The van der Waals surface area contributed by atoms with Gasteiger partial charge in [-0.25, -0.2) is 13.2 Å². The molecule has 0 unspecified atom stereocenters. The summed E-state index contributed by atoms with van der Waals surface area (Å²) in [7, 11) is -3.50. The van der Waals surface area contributed by atoms with Crippen molar-refractivity contribution in [1.29, 1.82) is 0 Å². The van der Waals surface area contributed by atoms with Crippen molar-refractivity contribution in [3.8, 4) is 0 Å². The number of sulfonamides is 1. The fourth-order valence-corrected chi connectivity index (χ4v) is 4.83. The van der Waals surface area contributed by atoms with Crippen LogP contribution in [0.3, 0.4) is 0 Å². The number of hydrogen-bond acceptors (Lipinski definition) is 5. The Labute approximate surface area is 150 Å². The fraction of sp³-hybridized carbons (Fsp3) is 0.278. The van der Waals surface area contributed by atoms with E-state index in [2.05, 4.69) is 4.98 Å². The molecular formula is C18H19N3O4S. The molecule has 0 amide bonds. The Kier molecular flexibility index (Phi) is 4.08. The van der Waals surface area contributed by atoms with Gasteiger partial charge in [0.25, 0.3) is 0 Å². The molecule has 136 valence electrons. The van der Waals surface area contributed by atoms with Crippen LogP contribution in [0.25, 0.3) is 11.1 Å². The van der Waals surface area contributed by atoms with Crippen molar-refractivity contribution in [3.05, 3.63) is 58.6 Å². The lowest BCUT2D eigenvalue weighted by molar-refractivity contribution is 0.384. The maximum Gasteiger partial charge on any atom is 0.417 e. The van der Waals surface area contributed by atoms with Crippen LogP contribution in [0, 0.1) is 6.92 Å². The number of aryl methyl sites for hydroxylation is 1. The molecule has 0 spiro atoms. The Morgan fingerprint density at radius 1 is 1.04 bits per heavy atom. The maximum absolute atomic E-state index is 12.8. The van der Waals surface area contributed by atoms with Gasteiger partial charge in [-0.3, -0.25) is 4.98 Å². The molecule has 1 saturated heterocycles. The predicted octanol–water partition coefficient (Wildman–Crippen LogP) is 1.94. The van der Waals surface area contributed by atoms with Crippen LogP contribution in [0.1, 0.15) is 5.56 Å². The molecule has 0 radical (unpaired) electrons. The van der Waals surface area contributed by atoms with Crippen LogP contribution in [-0.4, -0.2) is 43.9 Å². The average Bonchev–Trinajstić information content (AvgIpc) is 3.02. The van der Waals surface area contributed by atoms with Gasteiger partial charge in [0.05, 0.1) is 16.1 Å². The molecule has 4 rings (SSSR count). The number of piperazine rings is 1. The third kappa shape index (κ3) is 2.91. The van der Waals surface area contributed by atoms with Gasteiger partial charge in [-0.1, -0.05) is 18.2 Å². The first-order valence-corrected chi connectivity index (χ1v) is 9.83. The molecule has 26 heavy (non-hydrogen) atoms. The lowest BCUT2D eigenvalue weighted by Gasteiger charge is -2.35. The van der Waals surface area contributed by atoms with Crippen LogP contribution in [0.15, 0.2) is 56.6 Å². The van der Waals surface area contributed by atoms with Crippen molar-refractivity contribution < 1.29 is 12.8 Å². The summed E-state index contributed by atoms with van der Waals surface area (Å²) in [6.07, 6.45) is 0. The second kappa shape index (κ2) is 6.30. The third-order valence-electron chi connectivity index (χ3n) is 4.63. The highest BCUT2D eigenvalue weighted by molar-refractivity contribution is 7.89. The first-order valence-electron chi connectivity index (χ1n) is 8.39. The molecule has 8 heteroatoms. The minimum atomic E-state index is -3.50. The Morgan fingerprint density at radius 3 is 2.50 bits per heavy atom. The van der Waals surface area contributed by atoms with Crippen molar-refractivity contribution in [2.75, 3.05) is 31.1 Å². The van der Waals surface area contributed by atoms with Crippen LogP contribution >= 0.6 is 0 Å². The van der Waals surface area contributed by atoms with Gasteiger partial charge in [0, 0.05) is 26.2 Å². The molecule has 0 aliphatic carbocycles. The standard InChI is InChI=1S/C18H19N3O4S/c1-13-4-2-5-14(12-13)26(23,24)21-10-8-20(9-11-21)16-7-3-6-15-17(16)25-18(22)19-15/h2-7,12H,8-11H2,1H3,(H,19,22). The molecule has 1 fully saturated rings. The van der Waals surface area contributed by atoms with E-state index < -0.39 is 15.8 Å². The van der Waals surface area contributed by atoms with E-state index in [0.717, 1.165) is 11.3 Å². The molecule has 2 heterocycles. The van der Waals surface area contributed by atoms with Gasteiger partial charge in [0.2, 0.25) is 10.0 Å². The number of oxazole rings is 1. The van der Waals surface area contributed by atoms with Crippen molar-refractivity contribution in [1.82, 2.24) is 9.29 Å². The summed E-state index contributed by atoms with van der Waals surface area (Å²) >= 11 is 0. The Morgan fingerprint density at radius 2 is 1.77 bits per heavy atom. The summed E-state index contributed by atoms with van der Waals surface area (Å²) < 4.78 is 32.4. The van der Waals surface area contributed by atoms with Crippen LogP contribution < -0.4 is 10.7 Å². The van der Waals surface area contributed by atoms with Crippen molar-refractivity contribution in [2.24, 2.45) is 0 Å². The summed E-state index contributed by atoms with van der Waals surface area (Å²) in [5.41, 5.74) is 2.86. The van der Waals surface area contributed by atoms with Gasteiger partial charge in [0.1, 0.15) is 0 Å². The average molecular weight is 373 g/mol. The normalized spacial score (nSPS) is 16.3. The smallest absolute Gasteiger partial charge is 0.406 e. The molecule has 3 aromatic rings. The van der Waals surface area contributed by atoms with E-state index in [1.54, 1.807) is 24.3 Å². The number of hydrogen-bond donors (Lipinski definition) is 1. The monoisotopic (exact) mass is 373 g/mol. The number of benzene rings is 2. The summed E-state index contributed by atoms with van der Waals surface area (Å²) in [5, 5.41) is 0. The van der Waals surface area contributed by atoms with Gasteiger partial charge in [0.15, 0.2) is 5.58 Å². The molecule has 0 bridgehead atoms. The number of nitrogens with one attached hydrogen (secondary N) is 1. The van der Waals surface area contributed by atoms with E-state index in [-0.39, 0.29) is 0 Å². The molecule has 1 aromatic heterocycles. The molecule has 0 saturated carbocycles. The van der Waals surface area contributed by atoms with E-state index in [0.29, 0.717) is 42.2 Å². The first-order chi connectivity index (χ1) is 12.4. The molecule has 7 nitrogen and oxygen atoms in total. The van der Waals surface area contributed by atoms with Gasteiger partial charge < -0.3 is 9.32 Å². The van der Waals surface area contributed by atoms with Crippen molar-refractivity contribution in [2.45, 2.75) is 11.8 Å². The quantitative estimate of drug-likeness (QED) is 0.758. The topological polar surface area (TPSA) is 86.6 Å². The van der Waals surface area contributed by atoms with Crippen molar-refractivity contribution in [3.63, 3.8) is 0 Å². The zero-order valence-electron chi connectivity index (χ0n) is 14.3. The molecule has 2 aromatic carbocycles. The number of fused-ring (bicyclic) bond motifs is 1. The van der Waals surface area contributed by atoms with Crippen molar-refractivity contribution >= 4 is 26.8 Å². The predicted molar refractivity (Wildman–Crippen MR) is 99.0 cm³/mol. The minimum absolute atomic E-state index is 0.324. The van der Waals surface area contributed by atoms with Crippen LogP contribution in [0.2, 0.25) is 0 Å². The second-order valence-corrected chi connectivity index (χ2v) is 8.31. The van der Waals surface area contributed by atoms with Crippen LogP contribution in [0.4, 0.5) is 5.69 Å². The Balaban J connectivity index is 1.56. The summed E-state index contributed by atoms with van der Waals surface area (Å²) in [4.78, 5) is 16.5. The number of anilines is 1. The highest BCUT2D eigenvalue weighted by atomic mass is 32.2. The first kappa shape index (κ1) is 16.9. The minimum Gasteiger partial charge on any atom is -0.406 e. The lowest BCUT2D eigenvalue weighted by atomic mass is 10.2. The number of nitrogens with zero attached hydrogens (tertiary/aromatic N) is 2. The van der Waals surface area contributed by atoms with E-state index in [1.165, 1.54) is 4.31 Å². The molecule has 1 N–H and O–H groups in total. The van der Waals surface area contributed by atoms with E-state index in [1.807, 2.05) is 30.0 Å². The second-order valence-electron chi connectivity index (χ2n) is 6.38. The summed E-state index contributed by atoms with van der Waals surface area (Å²) in [5.74, 6) is -0.492. The van der Waals surface area contributed by atoms with Crippen LogP contribution in [-0.2, 0) is 10.0 Å². The lowest BCUT2D eigenvalue weighted by Crippen LogP contribution is -2.48. The van der Waals surface area contributed by atoms with Gasteiger partial charge in [-0.15, -0.1) is 0 Å². The summed E-state index contributed by atoms with van der Waals surface area (Å²) in [6.45, 7) is 3.68. The fourth-order valence-electron chi connectivity index (χ4n) is 3.30. The van der Waals surface area contributed by atoms with E-state index in [9.17, 15) is 13.2 Å². The molecule has 1 aliphatic heterocycles. The number of aromatic nitrogens is 1. The number of para-hydroxylation sites is 1. The molecule has 1 aliphatic rings. The molecular weight excluding hydrogens is 354 g/mol. The Hall–Kier alpha value is -2.58. The van der Waals surface area contributed by atoms with Gasteiger partial charge >= 0.3 is 5.76 Å². The number of aromatic amines is 1. The van der Waals surface area contributed by atoms with E-state index in [4.69, 9.17) is 4.42 Å². The van der Waals surface area contributed by atoms with Gasteiger partial charge in [-0.2, -0.15) is 4.31 Å². The highest BCUT2D eigenvalue weighted by Crippen LogP contribution is 2.27. The Bertz CT molecular complexity index is 1110. The summed E-state index contributed by atoms with van der Waals surface area (Å²) in [6, 6.07) is 12.5. The molecule has 0 atom stereocenters. The number of H-pyrrole nitrogens is 1. The zero-order chi connectivity index (χ0) is 18.3. The number of rotatable bonds is 3. The van der Waals surface area contributed by atoms with E-state index >= 15 is 0 Å². The largest absolute Gasteiger partial charge is 0.417 e. The third-order valence-corrected chi connectivity index (χ3v) is 6.53. The van der Waals surface area contributed by atoms with Crippen LogP contribution in [0.5, 0.6) is 0 Å². The van der Waals surface area contributed by atoms with Gasteiger partial charge in [-0.05, 0) is 36.8 Å². The highest BCUT2D eigenvalue weighted by Gasteiger charge is 2.29.